The third kappa shape index (κ3) is 4.94. The molecular formula is C29H27N3O4S2. The summed E-state index contributed by atoms with van der Waals surface area (Å²) in [5, 5.41) is 0.546. The molecule has 0 fully saturated rings. The average Bonchev–Trinajstić information content (AvgIpc) is 3.58. The fourth-order valence-electron chi connectivity index (χ4n) is 4.21. The number of nitrogens with zero attached hydrogens (tertiary/aromatic N) is 3. The Morgan fingerprint density at radius 1 is 0.947 bits per heavy atom. The number of benzene rings is 3. The van der Waals surface area contributed by atoms with Crippen LogP contribution < -0.4 is 9.21 Å². The second-order valence-corrected chi connectivity index (χ2v) is 11.8. The summed E-state index contributed by atoms with van der Waals surface area (Å²) in [4.78, 5) is 20.2. The van der Waals surface area contributed by atoms with Crippen molar-refractivity contribution in [1.29, 1.82) is 0 Å². The molecule has 194 valence electrons. The number of anilines is 2. The second kappa shape index (κ2) is 10.4. The van der Waals surface area contributed by atoms with Crippen molar-refractivity contribution in [2.75, 3.05) is 15.7 Å². The lowest BCUT2D eigenvalue weighted by molar-refractivity contribution is 0.0983. The molecule has 0 saturated carbocycles. The minimum atomic E-state index is -3.80. The maximum atomic E-state index is 13.7. The number of aryl methyl sites for hydroxylation is 2. The first-order valence-corrected chi connectivity index (χ1v) is 14.4. The molecule has 2 heterocycles. The van der Waals surface area contributed by atoms with Gasteiger partial charge in [0.05, 0.1) is 33.6 Å². The van der Waals surface area contributed by atoms with Crippen molar-refractivity contribution in [3.05, 3.63) is 108 Å². The molecule has 0 N–H and O–H groups in total. The van der Waals surface area contributed by atoms with Crippen molar-refractivity contribution in [2.24, 2.45) is 0 Å². The Bertz CT molecular complexity index is 1640. The van der Waals surface area contributed by atoms with Crippen molar-refractivity contribution in [1.82, 2.24) is 4.98 Å². The summed E-state index contributed by atoms with van der Waals surface area (Å²) in [5.41, 5.74) is 4.05. The van der Waals surface area contributed by atoms with Gasteiger partial charge in [0.25, 0.3) is 15.9 Å². The predicted molar refractivity (Wildman–Crippen MR) is 151 cm³/mol. The second-order valence-electron chi connectivity index (χ2n) is 8.90. The number of sulfonamides is 1. The first kappa shape index (κ1) is 25.7. The van der Waals surface area contributed by atoms with Crippen molar-refractivity contribution in [3.8, 4) is 0 Å². The van der Waals surface area contributed by atoms with E-state index in [2.05, 4.69) is 6.07 Å². The highest BCUT2D eigenvalue weighted by Gasteiger charge is 2.26. The normalized spacial score (nSPS) is 11.6. The molecule has 0 spiro atoms. The van der Waals surface area contributed by atoms with Gasteiger partial charge >= 0.3 is 0 Å². The minimum Gasteiger partial charge on any atom is -0.467 e. The van der Waals surface area contributed by atoms with Crippen LogP contribution in [0.2, 0.25) is 0 Å². The predicted octanol–water partition coefficient (Wildman–Crippen LogP) is 6.57. The SMILES string of the molecule is CCN(c1ccccc1)S(=O)(=O)c1ccc(C(=O)N(Cc2ccco2)c2nc3cc(C)c(C)cc3s2)cc1. The van der Waals surface area contributed by atoms with Gasteiger partial charge in [0.1, 0.15) is 5.76 Å². The van der Waals surface area contributed by atoms with E-state index in [4.69, 9.17) is 9.40 Å². The Morgan fingerprint density at radius 2 is 1.66 bits per heavy atom. The van der Waals surface area contributed by atoms with Gasteiger partial charge in [-0.25, -0.2) is 13.4 Å². The summed E-state index contributed by atoms with van der Waals surface area (Å²) in [5.74, 6) is 0.318. The van der Waals surface area contributed by atoms with E-state index in [1.165, 1.54) is 27.8 Å². The lowest BCUT2D eigenvalue weighted by atomic mass is 10.1. The lowest BCUT2D eigenvalue weighted by Crippen LogP contribution is -2.31. The van der Waals surface area contributed by atoms with Crippen LogP contribution in [0.1, 0.15) is 34.2 Å². The summed E-state index contributed by atoms with van der Waals surface area (Å²) in [6.07, 6.45) is 1.56. The highest BCUT2D eigenvalue weighted by Crippen LogP contribution is 2.33. The van der Waals surface area contributed by atoms with Crippen LogP contribution in [0.4, 0.5) is 10.8 Å². The highest BCUT2D eigenvalue weighted by atomic mass is 32.2. The molecular weight excluding hydrogens is 518 g/mol. The Hall–Kier alpha value is -3.95. The molecule has 0 aliphatic heterocycles. The van der Waals surface area contributed by atoms with E-state index < -0.39 is 10.0 Å². The van der Waals surface area contributed by atoms with Crippen molar-refractivity contribution in [2.45, 2.75) is 32.2 Å². The number of carbonyl (C=O) groups excluding carboxylic acids is 1. The molecule has 0 aliphatic carbocycles. The summed E-state index contributed by atoms with van der Waals surface area (Å²) >= 11 is 1.43. The number of fused-ring (bicyclic) bond motifs is 1. The molecule has 0 atom stereocenters. The van der Waals surface area contributed by atoms with Crippen LogP contribution in [-0.4, -0.2) is 25.9 Å². The molecule has 1 amide bonds. The van der Waals surface area contributed by atoms with Crippen molar-refractivity contribution in [3.63, 3.8) is 0 Å². The van der Waals surface area contributed by atoms with Gasteiger partial charge in [-0.2, -0.15) is 0 Å². The van der Waals surface area contributed by atoms with E-state index in [1.54, 1.807) is 66.6 Å². The van der Waals surface area contributed by atoms with Gasteiger partial charge in [0, 0.05) is 12.1 Å². The summed E-state index contributed by atoms with van der Waals surface area (Å²) in [6.45, 7) is 6.34. The van der Waals surface area contributed by atoms with Crippen LogP contribution in [0.3, 0.4) is 0 Å². The number of aromatic nitrogens is 1. The maximum absolute atomic E-state index is 13.7. The number of hydrogen-bond acceptors (Lipinski definition) is 6. The van der Waals surface area contributed by atoms with Gasteiger partial charge in [-0.3, -0.25) is 14.0 Å². The van der Waals surface area contributed by atoms with Gasteiger partial charge < -0.3 is 4.42 Å². The number of furan rings is 1. The zero-order chi connectivity index (χ0) is 26.9. The Kier molecular flexibility index (Phi) is 7.05. The molecule has 5 aromatic rings. The lowest BCUT2D eigenvalue weighted by Gasteiger charge is -2.23. The number of hydrogen-bond donors (Lipinski definition) is 0. The van der Waals surface area contributed by atoms with E-state index in [0.29, 0.717) is 22.1 Å². The summed E-state index contributed by atoms with van der Waals surface area (Å²) < 4.78 is 34.6. The van der Waals surface area contributed by atoms with Crippen LogP contribution in [0.5, 0.6) is 0 Å². The zero-order valence-corrected chi connectivity index (χ0v) is 22.9. The zero-order valence-electron chi connectivity index (χ0n) is 21.3. The van der Waals surface area contributed by atoms with Crippen LogP contribution in [-0.2, 0) is 16.6 Å². The fraction of sp³-hybridized carbons (Fsp3) is 0.172. The molecule has 0 radical (unpaired) electrons. The Balaban J connectivity index is 1.48. The van der Waals surface area contributed by atoms with Crippen LogP contribution >= 0.6 is 11.3 Å². The number of para-hydroxylation sites is 1. The summed E-state index contributed by atoms with van der Waals surface area (Å²) in [7, 11) is -3.80. The third-order valence-electron chi connectivity index (χ3n) is 6.38. The Labute approximate surface area is 226 Å². The molecule has 2 aromatic heterocycles. The van der Waals surface area contributed by atoms with Crippen LogP contribution in [0, 0.1) is 13.8 Å². The van der Waals surface area contributed by atoms with Gasteiger partial charge in [0.15, 0.2) is 5.13 Å². The van der Waals surface area contributed by atoms with E-state index in [-0.39, 0.29) is 23.9 Å². The van der Waals surface area contributed by atoms with E-state index >= 15 is 0 Å². The quantitative estimate of drug-likeness (QED) is 0.220. The molecule has 5 rings (SSSR count). The van der Waals surface area contributed by atoms with Gasteiger partial charge in [-0.15, -0.1) is 0 Å². The van der Waals surface area contributed by atoms with Gasteiger partial charge in [0.2, 0.25) is 0 Å². The average molecular weight is 546 g/mol. The Morgan fingerprint density at radius 3 is 2.32 bits per heavy atom. The van der Waals surface area contributed by atoms with Gasteiger partial charge in [-0.1, -0.05) is 29.5 Å². The minimum absolute atomic E-state index is 0.114. The van der Waals surface area contributed by atoms with Crippen LogP contribution in [0.25, 0.3) is 10.2 Å². The smallest absolute Gasteiger partial charge is 0.264 e. The first-order valence-electron chi connectivity index (χ1n) is 12.2. The molecule has 3 aromatic carbocycles. The molecule has 0 bridgehead atoms. The molecule has 9 heteroatoms. The molecule has 7 nitrogen and oxygen atoms in total. The monoisotopic (exact) mass is 545 g/mol. The molecule has 38 heavy (non-hydrogen) atoms. The van der Waals surface area contributed by atoms with E-state index in [1.807, 2.05) is 26.0 Å². The topological polar surface area (TPSA) is 83.7 Å². The molecule has 0 aliphatic rings. The number of carbonyl (C=O) groups is 1. The molecule has 0 saturated heterocycles. The maximum Gasteiger partial charge on any atom is 0.264 e. The standard InChI is InChI=1S/C29H27N3O4S2/c1-4-32(23-9-6-5-7-10-23)38(34,35)25-14-12-22(13-15-25)28(33)31(19-24-11-8-16-36-24)29-30-26-17-20(2)21(3)18-27(26)37-29/h5-18H,4,19H2,1-3H3. The van der Waals surface area contributed by atoms with E-state index in [9.17, 15) is 13.2 Å². The highest BCUT2D eigenvalue weighted by molar-refractivity contribution is 7.92. The molecule has 0 unspecified atom stereocenters. The van der Waals surface area contributed by atoms with E-state index in [0.717, 1.165) is 21.3 Å². The fourth-order valence-corrected chi connectivity index (χ4v) is 6.72. The summed E-state index contributed by atoms with van der Waals surface area (Å²) in [6, 6.07) is 22.7. The number of rotatable bonds is 8. The third-order valence-corrected chi connectivity index (χ3v) is 9.34. The largest absolute Gasteiger partial charge is 0.467 e. The van der Waals surface area contributed by atoms with Crippen molar-refractivity contribution >= 4 is 48.3 Å². The number of amides is 1. The number of thiazole rings is 1. The van der Waals surface area contributed by atoms with Crippen molar-refractivity contribution < 1.29 is 17.6 Å². The van der Waals surface area contributed by atoms with Crippen LogP contribution in [0.15, 0.2) is 94.4 Å². The first-order chi connectivity index (χ1) is 18.3. The van der Waals surface area contributed by atoms with Gasteiger partial charge in [-0.05, 0) is 92.6 Å².